The molecule has 0 aliphatic carbocycles. The van der Waals surface area contributed by atoms with Gasteiger partial charge in [-0.3, -0.25) is 9.78 Å². The molecule has 1 aliphatic rings. The zero-order valence-corrected chi connectivity index (χ0v) is 22.3. The minimum atomic E-state index is -0.435. The van der Waals surface area contributed by atoms with Gasteiger partial charge in [0.25, 0.3) is 5.91 Å². The van der Waals surface area contributed by atoms with Gasteiger partial charge in [0, 0.05) is 54.5 Å². The molecule has 4 heterocycles. The predicted octanol–water partition coefficient (Wildman–Crippen LogP) is 5.43. The number of carbonyl (C=O) groups excluding carboxylic acids is 1. The van der Waals surface area contributed by atoms with E-state index in [1.165, 1.54) is 5.69 Å². The molecule has 0 unspecified atom stereocenters. The summed E-state index contributed by atoms with van der Waals surface area (Å²) in [5.41, 5.74) is 4.63. The van der Waals surface area contributed by atoms with E-state index in [1.54, 1.807) is 30.5 Å². The summed E-state index contributed by atoms with van der Waals surface area (Å²) in [5, 5.41) is 4.48. The Morgan fingerprint density at radius 2 is 1.87 bits per heavy atom. The van der Waals surface area contributed by atoms with Gasteiger partial charge in [0.05, 0.1) is 31.1 Å². The summed E-state index contributed by atoms with van der Waals surface area (Å²) in [6.45, 7) is 3.28. The van der Waals surface area contributed by atoms with Crippen LogP contribution in [0.4, 0.5) is 5.69 Å². The number of rotatable bonds is 7. The number of hydrogen-bond acceptors (Lipinski definition) is 6. The minimum Gasteiger partial charge on any atom is -0.451 e. The van der Waals surface area contributed by atoms with Crippen LogP contribution in [0.15, 0.2) is 83.5 Å². The Bertz CT molecular complexity index is 1590. The highest BCUT2D eigenvalue weighted by Gasteiger charge is 2.24. The van der Waals surface area contributed by atoms with Gasteiger partial charge in [0.2, 0.25) is 0 Å². The van der Waals surface area contributed by atoms with E-state index in [9.17, 15) is 4.79 Å². The lowest BCUT2D eigenvalue weighted by Gasteiger charge is -2.28. The first-order valence-electron chi connectivity index (χ1n) is 12.9. The molecule has 39 heavy (non-hydrogen) atoms. The molecule has 9 heteroatoms. The van der Waals surface area contributed by atoms with Crippen LogP contribution >= 0.6 is 11.6 Å². The van der Waals surface area contributed by atoms with Gasteiger partial charge in [-0.25, -0.2) is 4.98 Å². The summed E-state index contributed by atoms with van der Waals surface area (Å²) < 4.78 is 13.3. The van der Waals surface area contributed by atoms with E-state index in [0.717, 1.165) is 54.5 Å². The van der Waals surface area contributed by atoms with Crippen molar-refractivity contribution in [2.24, 2.45) is 7.05 Å². The molecule has 3 aromatic heterocycles. The number of aromatic nitrogens is 3. The van der Waals surface area contributed by atoms with Crippen LogP contribution in [0.5, 0.6) is 0 Å². The molecule has 8 nitrogen and oxygen atoms in total. The monoisotopic (exact) mass is 541 g/mol. The number of imidazole rings is 1. The molecule has 1 saturated heterocycles. The molecule has 6 rings (SSSR count). The molecule has 0 radical (unpaired) electrons. The molecule has 2 aromatic carbocycles. The van der Waals surface area contributed by atoms with Crippen molar-refractivity contribution in [3.05, 3.63) is 101 Å². The Labute approximate surface area is 231 Å². The summed E-state index contributed by atoms with van der Waals surface area (Å²) in [4.78, 5) is 24.9. The number of fused-ring (bicyclic) bond motifs is 1. The van der Waals surface area contributed by atoms with Crippen molar-refractivity contribution in [1.29, 1.82) is 0 Å². The average molecular weight is 542 g/mol. The molecule has 0 bridgehead atoms. The SMILES string of the molecule is Cn1c(-c2ccc(N3CCOCC3)cc2)cnc1[C@@H](Cc1ccccn1)NC(=O)c1cc2cc(Cl)ccc2o1. The first-order valence-corrected chi connectivity index (χ1v) is 13.3. The number of nitrogens with zero attached hydrogens (tertiary/aromatic N) is 4. The Morgan fingerprint density at radius 1 is 1.05 bits per heavy atom. The zero-order valence-electron chi connectivity index (χ0n) is 21.5. The van der Waals surface area contributed by atoms with Crippen LogP contribution in [0.2, 0.25) is 5.02 Å². The highest BCUT2D eigenvalue weighted by Crippen LogP contribution is 2.28. The van der Waals surface area contributed by atoms with E-state index >= 15 is 0 Å². The topological polar surface area (TPSA) is 85.4 Å². The molecule has 5 aromatic rings. The number of halogens is 1. The highest BCUT2D eigenvalue weighted by molar-refractivity contribution is 6.31. The summed E-state index contributed by atoms with van der Waals surface area (Å²) in [6, 6.07) is 20.8. The third-order valence-electron chi connectivity index (χ3n) is 7.02. The van der Waals surface area contributed by atoms with Crippen molar-refractivity contribution in [2.75, 3.05) is 31.2 Å². The maximum absolute atomic E-state index is 13.3. The molecular formula is C30H28ClN5O3. The van der Waals surface area contributed by atoms with E-state index in [4.69, 9.17) is 25.7 Å². The lowest BCUT2D eigenvalue weighted by atomic mass is 10.1. The third-order valence-corrected chi connectivity index (χ3v) is 7.26. The number of furan rings is 1. The second kappa shape index (κ2) is 10.9. The van der Waals surface area contributed by atoms with Gasteiger partial charge in [0.1, 0.15) is 11.4 Å². The van der Waals surface area contributed by atoms with Crippen LogP contribution in [-0.4, -0.2) is 46.7 Å². The highest BCUT2D eigenvalue weighted by atomic mass is 35.5. The Kier molecular flexibility index (Phi) is 7.04. The van der Waals surface area contributed by atoms with E-state index < -0.39 is 6.04 Å². The lowest BCUT2D eigenvalue weighted by Crippen LogP contribution is -2.36. The largest absolute Gasteiger partial charge is 0.451 e. The second-order valence-electron chi connectivity index (χ2n) is 9.55. The molecule has 1 fully saturated rings. The Balaban J connectivity index is 1.28. The van der Waals surface area contributed by atoms with Crippen LogP contribution in [0.1, 0.15) is 28.1 Å². The van der Waals surface area contributed by atoms with Crippen molar-refractivity contribution < 1.29 is 13.9 Å². The van der Waals surface area contributed by atoms with Crippen LogP contribution in [0, 0.1) is 0 Å². The van der Waals surface area contributed by atoms with Crippen molar-refractivity contribution in [3.8, 4) is 11.3 Å². The van der Waals surface area contributed by atoms with Crippen molar-refractivity contribution in [2.45, 2.75) is 12.5 Å². The maximum atomic E-state index is 13.3. The molecule has 1 aliphatic heterocycles. The summed E-state index contributed by atoms with van der Waals surface area (Å²) in [7, 11) is 1.97. The quantitative estimate of drug-likeness (QED) is 0.296. The Morgan fingerprint density at radius 3 is 2.64 bits per heavy atom. The van der Waals surface area contributed by atoms with Crippen LogP contribution in [0.25, 0.3) is 22.2 Å². The Hall–Kier alpha value is -4.14. The van der Waals surface area contributed by atoms with Crippen molar-refractivity contribution in [1.82, 2.24) is 19.9 Å². The molecular weight excluding hydrogens is 514 g/mol. The normalized spacial score (nSPS) is 14.5. The van der Waals surface area contributed by atoms with Crippen LogP contribution < -0.4 is 10.2 Å². The van der Waals surface area contributed by atoms with E-state index in [2.05, 4.69) is 39.5 Å². The first-order chi connectivity index (χ1) is 19.0. The molecule has 198 valence electrons. The molecule has 1 atom stereocenters. The zero-order chi connectivity index (χ0) is 26.8. The standard InChI is InChI=1S/C30H28ClN5O3/c1-35-26(20-5-8-24(9-6-20)36-12-14-38-15-13-36)19-33-29(35)25(18-23-4-2-3-11-32-23)34-30(37)28-17-21-16-22(31)7-10-27(21)39-28/h2-11,16-17,19,25H,12-15,18H2,1H3,(H,34,37)/t25-/m1/s1. The number of pyridine rings is 1. The number of carbonyl (C=O) groups is 1. The smallest absolute Gasteiger partial charge is 0.287 e. The summed E-state index contributed by atoms with van der Waals surface area (Å²) >= 11 is 6.11. The lowest BCUT2D eigenvalue weighted by molar-refractivity contribution is 0.0908. The molecule has 1 amide bonds. The number of amides is 1. The first kappa shape index (κ1) is 25.2. The summed E-state index contributed by atoms with van der Waals surface area (Å²) in [6.07, 6.45) is 4.07. The average Bonchev–Trinajstić information content (AvgIpc) is 3.57. The minimum absolute atomic E-state index is 0.214. The van der Waals surface area contributed by atoms with Gasteiger partial charge in [-0.2, -0.15) is 0 Å². The van der Waals surface area contributed by atoms with Gasteiger partial charge in [-0.05, 0) is 54.1 Å². The van der Waals surface area contributed by atoms with Crippen LogP contribution in [-0.2, 0) is 18.2 Å². The fourth-order valence-electron chi connectivity index (χ4n) is 4.97. The molecule has 1 N–H and O–H groups in total. The van der Waals surface area contributed by atoms with E-state index in [0.29, 0.717) is 17.0 Å². The van der Waals surface area contributed by atoms with Gasteiger partial charge in [-0.15, -0.1) is 0 Å². The maximum Gasteiger partial charge on any atom is 0.287 e. The second-order valence-corrected chi connectivity index (χ2v) is 9.99. The number of morpholine rings is 1. The van der Waals surface area contributed by atoms with Gasteiger partial charge in [0.15, 0.2) is 5.76 Å². The molecule has 0 saturated carbocycles. The fourth-order valence-corrected chi connectivity index (χ4v) is 5.15. The van der Waals surface area contributed by atoms with Crippen molar-refractivity contribution in [3.63, 3.8) is 0 Å². The number of benzene rings is 2. The number of ether oxygens (including phenoxy) is 1. The van der Waals surface area contributed by atoms with Crippen molar-refractivity contribution >= 4 is 34.2 Å². The predicted molar refractivity (Wildman–Crippen MR) is 151 cm³/mol. The molecule has 0 spiro atoms. The summed E-state index contributed by atoms with van der Waals surface area (Å²) in [5.74, 6) is 0.606. The fraction of sp³-hybridized carbons (Fsp3) is 0.233. The number of anilines is 1. The van der Waals surface area contributed by atoms with Gasteiger partial charge in [-0.1, -0.05) is 29.8 Å². The number of hydrogen-bond donors (Lipinski definition) is 1. The van der Waals surface area contributed by atoms with E-state index in [1.807, 2.05) is 36.0 Å². The van der Waals surface area contributed by atoms with E-state index in [-0.39, 0.29) is 11.7 Å². The number of nitrogens with one attached hydrogen (secondary N) is 1. The van der Waals surface area contributed by atoms with Crippen LogP contribution in [0.3, 0.4) is 0 Å². The van der Waals surface area contributed by atoms with Gasteiger partial charge < -0.3 is 23.9 Å². The van der Waals surface area contributed by atoms with Gasteiger partial charge >= 0.3 is 0 Å². The third kappa shape index (κ3) is 5.39.